The fraction of sp³-hybridized carbons (Fsp3) is 0.0500. The molecule has 28 heavy (non-hydrogen) atoms. The molecule has 0 radical (unpaired) electrons. The minimum atomic E-state index is -0.346. The van der Waals surface area contributed by atoms with E-state index in [4.69, 9.17) is 4.42 Å². The lowest BCUT2D eigenvalue weighted by atomic mass is 10.2. The van der Waals surface area contributed by atoms with Crippen LogP contribution in [0.15, 0.2) is 64.6 Å². The molecule has 0 saturated heterocycles. The van der Waals surface area contributed by atoms with Gasteiger partial charge in [-0.2, -0.15) is 0 Å². The van der Waals surface area contributed by atoms with Gasteiger partial charge in [0.2, 0.25) is 0 Å². The van der Waals surface area contributed by atoms with Gasteiger partial charge >= 0.3 is 0 Å². The third kappa shape index (κ3) is 4.03. The molecule has 8 heteroatoms. The molecule has 2 amide bonds. The number of rotatable bonds is 5. The number of aromatic nitrogens is 1. The molecule has 2 N–H and O–H groups in total. The molecule has 3 heterocycles. The third-order valence-electron chi connectivity index (χ3n) is 3.87. The Kier molecular flexibility index (Phi) is 5.05. The summed E-state index contributed by atoms with van der Waals surface area (Å²) in [7, 11) is 0. The predicted molar refractivity (Wildman–Crippen MR) is 111 cm³/mol. The van der Waals surface area contributed by atoms with Crippen LogP contribution >= 0.6 is 22.7 Å². The quantitative estimate of drug-likeness (QED) is 0.470. The maximum Gasteiger partial charge on any atom is 0.291 e. The number of thiophene rings is 1. The van der Waals surface area contributed by atoms with Crippen molar-refractivity contribution in [3.05, 3.63) is 76.4 Å². The second-order valence-electron chi connectivity index (χ2n) is 5.91. The Bertz CT molecular complexity index is 1110. The van der Waals surface area contributed by atoms with E-state index in [0.717, 1.165) is 10.6 Å². The molecule has 0 atom stereocenters. The van der Waals surface area contributed by atoms with Crippen LogP contribution in [0, 0.1) is 6.92 Å². The summed E-state index contributed by atoms with van der Waals surface area (Å²) >= 11 is 3.05. The van der Waals surface area contributed by atoms with Crippen LogP contribution in [0.3, 0.4) is 0 Å². The Hall–Kier alpha value is -3.23. The van der Waals surface area contributed by atoms with E-state index in [0.29, 0.717) is 16.4 Å². The largest absolute Gasteiger partial charge is 0.459 e. The number of benzene rings is 1. The van der Waals surface area contributed by atoms with Gasteiger partial charge in [-0.15, -0.1) is 22.7 Å². The molecule has 0 unspecified atom stereocenters. The highest BCUT2D eigenvalue weighted by Crippen LogP contribution is 2.30. The van der Waals surface area contributed by atoms with Gasteiger partial charge in [0.05, 0.1) is 16.8 Å². The molecule has 0 aliphatic rings. The lowest BCUT2D eigenvalue weighted by Gasteiger charge is -2.05. The number of carbonyl (C=O) groups is 2. The van der Waals surface area contributed by atoms with Crippen LogP contribution in [0.25, 0.3) is 10.6 Å². The van der Waals surface area contributed by atoms with E-state index < -0.39 is 0 Å². The number of aryl methyl sites for hydroxylation is 1. The number of hydrogen-bond acceptors (Lipinski definition) is 6. The molecular formula is C20H15N3O3S2. The lowest BCUT2D eigenvalue weighted by molar-refractivity contribution is 0.0995. The van der Waals surface area contributed by atoms with Gasteiger partial charge in [0.15, 0.2) is 10.9 Å². The van der Waals surface area contributed by atoms with Crippen molar-refractivity contribution in [1.82, 2.24) is 4.98 Å². The normalized spacial score (nSPS) is 10.6. The maximum atomic E-state index is 12.4. The first-order valence-electron chi connectivity index (χ1n) is 8.37. The van der Waals surface area contributed by atoms with Gasteiger partial charge in [-0.1, -0.05) is 0 Å². The van der Waals surface area contributed by atoms with Crippen molar-refractivity contribution in [2.24, 2.45) is 0 Å². The standard InChI is InChI=1S/C20H15N3O3S2/c1-12-4-9-17(28-12)15-11-27-20(22-15)23-18(24)13-5-7-14(8-6-13)21-19(25)16-3-2-10-26-16/h2-11H,1H3,(H,21,25)(H,22,23,24). The van der Waals surface area contributed by atoms with Crippen LogP contribution in [0.4, 0.5) is 10.8 Å². The molecule has 3 aromatic heterocycles. The fourth-order valence-corrected chi connectivity index (χ4v) is 4.10. The summed E-state index contributed by atoms with van der Waals surface area (Å²) in [6, 6.07) is 13.9. The number of furan rings is 1. The second-order valence-corrected chi connectivity index (χ2v) is 8.06. The zero-order valence-electron chi connectivity index (χ0n) is 14.8. The Morgan fingerprint density at radius 1 is 1.00 bits per heavy atom. The number of thiazole rings is 1. The molecule has 0 saturated carbocycles. The van der Waals surface area contributed by atoms with Crippen molar-refractivity contribution in [1.29, 1.82) is 0 Å². The van der Waals surface area contributed by atoms with E-state index in [1.165, 1.54) is 22.5 Å². The Balaban J connectivity index is 1.40. The molecule has 1 aromatic carbocycles. The van der Waals surface area contributed by atoms with Gasteiger partial charge < -0.3 is 9.73 Å². The molecule has 0 fully saturated rings. The minimum absolute atomic E-state index is 0.224. The fourth-order valence-electron chi connectivity index (χ4n) is 2.49. The minimum Gasteiger partial charge on any atom is -0.459 e. The summed E-state index contributed by atoms with van der Waals surface area (Å²) in [6.07, 6.45) is 1.44. The highest BCUT2D eigenvalue weighted by Gasteiger charge is 2.12. The van der Waals surface area contributed by atoms with Gasteiger partial charge in [0.1, 0.15) is 0 Å². The van der Waals surface area contributed by atoms with Crippen LogP contribution in [-0.4, -0.2) is 16.8 Å². The number of nitrogens with one attached hydrogen (secondary N) is 2. The third-order valence-corrected chi connectivity index (χ3v) is 5.65. The molecule has 0 aliphatic heterocycles. The van der Waals surface area contributed by atoms with Crippen LogP contribution in [-0.2, 0) is 0 Å². The van der Waals surface area contributed by atoms with E-state index in [1.54, 1.807) is 47.7 Å². The van der Waals surface area contributed by atoms with E-state index in [9.17, 15) is 9.59 Å². The van der Waals surface area contributed by atoms with Crippen molar-refractivity contribution in [2.45, 2.75) is 6.92 Å². The number of anilines is 2. The Labute approximate surface area is 168 Å². The molecule has 0 aliphatic carbocycles. The lowest BCUT2D eigenvalue weighted by Crippen LogP contribution is -2.13. The highest BCUT2D eigenvalue weighted by molar-refractivity contribution is 7.17. The second kappa shape index (κ2) is 7.79. The van der Waals surface area contributed by atoms with Crippen molar-refractivity contribution < 1.29 is 14.0 Å². The number of nitrogens with zero attached hydrogens (tertiary/aromatic N) is 1. The van der Waals surface area contributed by atoms with E-state index in [2.05, 4.69) is 15.6 Å². The summed E-state index contributed by atoms with van der Waals surface area (Å²) in [5.74, 6) is -0.379. The topological polar surface area (TPSA) is 84.2 Å². The number of amides is 2. The summed E-state index contributed by atoms with van der Waals surface area (Å²) in [6.45, 7) is 2.05. The maximum absolute atomic E-state index is 12.4. The zero-order valence-corrected chi connectivity index (χ0v) is 16.4. The van der Waals surface area contributed by atoms with Crippen LogP contribution in [0.1, 0.15) is 25.8 Å². The highest BCUT2D eigenvalue weighted by atomic mass is 32.1. The predicted octanol–water partition coefficient (Wildman–Crippen LogP) is 5.28. The smallest absolute Gasteiger partial charge is 0.291 e. The van der Waals surface area contributed by atoms with Crippen LogP contribution in [0.5, 0.6) is 0 Å². The Morgan fingerprint density at radius 3 is 2.50 bits per heavy atom. The van der Waals surface area contributed by atoms with Crippen LogP contribution in [0.2, 0.25) is 0 Å². The molecule has 6 nitrogen and oxygen atoms in total. The average molecular weight is 409 g/mol. The van der Waals surface area contributed by atoms with Gasteiger partial charge in [0, 0.05) is 21.5 Å². The van der Waals surface area contributed by atoms with Crippen molar-refractivity contribution in [3.8, 4) is 10.6 Å². The molecule has 4 rings (SSSR count). The van der Waals surface area contributed by atoms with Gasteiger partial charge in [-0.3, -0.25) is 14.9 Å². The van der Waals surface area contributed by atoms with Crippen LogP contribution < -0.4 is 10.6 Å². The molecular weight excluding hydrogens is 394 g/mol. The Morgan fingerprint density at radius 2 is 1.82 bits per heavy atom. The van der Waals surface area contributed by atoms with Gasteiger partial charge in [0.25, 0.3) is 11.8 Å². The number of hydrogen-bond donors (Lipinski definition) is 2. The van der Waals surface area contributed by atoms with Gasteiger partial charge in [-0.25, -0.2) is 4.98 Å². The zero-order chi connectivity index (χ0) is 19.5. The van der Waals surface area contributed by atoms with Gasteiger partial charge in [-0.05, 0) is 55.5 Å². The summed E-state index contributed by atoms with van der Waals surface area (Å²) in [5.41, 5.74) is 1.90. The van der Waals surface area contributed by atoms with Crippen molar-refractivity contribution >= 4 is 45.3 Å². The molecule has 0 bridgehead atoms. The molecule has 140 valence electrons. The average Bonchev–Trinajstić information content (AvgIpc) is 3.44. The summed E-state index contributed by atoms with van der Waals surface area (Å²) < 4.78 is 5.05. The number of carbonyl (C=O) groups excluding carboxylic acids is 2. The van der Waals surface area contributed by atoms with Crippen molar-refractivity contribution in [3.63, 3.8) is 0 Å². The summed E-state index contributed by atoms with van der Waals surface area (Å²) in [4.78, 5) is 31.2. The first-order chi connectivity index (χ1) is 13.6. The first-order valence-corrected chi connectivity index (χ1v) is 10.1. The first kappa shape index (κ1) is 18.1. The SMILES string of the molecule is Cc1ccc(-c2csc(NC(=O)c3ccc(NC(=O)c4ccco4)cc3)n2)s1. The molecule has 4 aromatic rings. The molecule has 0 spiro atoms. The summed E-state index contributed by atoms with van der Waals surface area (Å²) in [5, 5.41) is 7.99. The van der Waals surface area contributed by atoms with E-state index in [-0.39, 0.29) is 17.6 Å². The van der Waals surface area contributed by atoms with E-state index in [1.807, 2.05) is 24.4 Å². The van der Waals surface area contributed by atoms with E-state index >= 15 is 0 Å². The monoisotopic (exact) mass is 409 g/mol. The van der Waals surface area contributed by atoms with Crippen molar-refractivity contribution in [2.75, 3.05) is 10.6 Å².